The van der Waals surface area contributed by atoms with Crippen LogP contribution < -0.4 is 5.32 Å². The fraction of sp³-hybridized carbons (Fsp3) is 0.450. The van der Waals surface area contributed by atoms with Crippen LogP contribution >= 0.6 is 11.6 Å². The second kappa shape index (κ2) is 8.73. The number of rotatable bonds is 5. The molecule has 2 N–H and O–H groups in total. The molecule has 0 aliphatic heterocycles. The number of halogens is 2. The summed E-state index contributed by atoms with van der Waals surface area (Å²) < 4.78 is 19.5. The van der Waals surface area contributed by atoms with Crippen LogP contribution in [0.4, 0.5) is 4.39 Å². The number of hydrogen-bond donors (Lipinski definition) is 2. The largest absolute Gasteiger partial charge is 0.481 e. The monoisotopic (exact) mass is 408 g/mol. The van der Waals surface area contributed by atoms with Crippen LogP contribution in [0.5, 0.6) is 0 Å². The molecule has 150 valence electrons. The first-order valence-corrected chi connectivity index (χ1v) is 9.68. The first kappa shape index (κ1) is 20.3. The lowest BCUT2D eigenvalue weighted by atomic mass is 9.94. The summed E-state index contributed by atoms with van der Waals surface area (Å²) in [7, 11) is 0. The summed E-state index contributed by atoms with van der Waals surface area (Å²) in [5.74, 6) is -1.56. The maximum absolute atomic E-state index is 14.3. The van der Waals surface area contributed by atoms with Gasteiger partial charge in [0.2, 0.25) is 0 Å². The van der Waals surface area contributed by atoms with E-state index >= 15 is 0 Å². The first-order valence-electron chi connectivity index (χ1n) is 9.30. The molecule has 2 atom stereocenters. The summed E-state index contributed by atoms with van der Waals surface area (Å²) in [4.78, 5) is 24.0. The molecule has 6 nitrogen and oxygen atoms in total. The Bertz CT molecular complexity index is 863. The van der Waals surface area contributed by atoms with Gasteiger partial charge in [0.1, 0.15) is 22.8 Å². The molecule has 1 fully saturated rings. The van der Waals surface area contributed by atoms with Crippen molar-refractivity contribution in [3.8, 4) is 11.3 Å². The number of nitrogens with one attached hydrogen (secondary N) is 1. The average molecular weight is 409 g/mol. The number of carboxylic acid groups (broad SMARTS) is 1. The smallest absolute Gasteiger partial charge is 0.303 e. The Morgan fingerprint density at radius 1 is 1.36 bits per heavy atom. The summed E-state index contributed by atoms with van der Waals surface area (Å²) in [6, 6.07) is 4.09. The number of carbonyl (C=O) groups excluding carboxylic acids is 1. The van der Waals surface area contributed by atoms with Gasteiger partial charge in [0.15, 0.2) is 0 Å². The Hall–Kier alpha value is -2.41. The second-order valence-electron chi connectivity index (χ2n) is 7.21. The summed E-state index contributed by atoms with van der Waals surface area (Å²) in [6.45, 7) is 1.58. The lowest BCUT2D eigenvalue weighted by Crippen LogP contribution is -2.36. The van der Waals surface area contributed by atoms with Crippen molar-refractivity contribution in [3.63, 3.8) is 0 Å². The first-order chi connectivity index (χ1) is 13.4. The maximum atomic E-state index is 14.3. The molecule has 0 bridgehead atoms. The maximum Gasteiger partial charge on any atom is 0.303 e. The number of benzene rings is 1. The van der Waals surface area contributed by atoms with Crippen molar-refractivity contribution in [3.05, 3.63) is 40.4 Å². The third kappa shape index (κ3) is 4.52. The molecule has 0 saturated heterocycles. The number of hydrogen-bond acceptors (Lipinski definition) is 4. The number of carbonyl (C=O) groups is 2. The van der Waals surface area contributed by atoms with E-state index in [0.717, 1.165) is 25.7 Å². The van der Waals surface area contributed by atoms with Crippen LogP contribution in [0.1, 0.15) is 54.6 Å². The Labute approximate surface area is 167 Å². The molecular weight excluding hydrogens is 387 g/mol. The lowest BCUT2D eigenvalue weighted by molar-refractivity contribution is -0.138. The van der Waals surface area contributed by atoms with Gasteiger partial charge in [-0.3, -0.25) is 9.59 Å². The highest BCUT2D eigenvalue weighted by Crippen LogP contribution is 2.34. The molecule has 2 unspecified atom stereocenters. The molecular formula is C20H22ClFN2O4. The summed E-state index contributed by atoms with van der Waals surface area (Å²) in [5, 5.41) is 16.0. The normalized spacial score (nSPS) is 19.8. The Balaban J connectivity index is 1.83. The predicted octanol–water partition coefficient (Wildman–Crippen LogP) is 4.60. The highest BCUT2D eigenvalue weighted by Gasteiger charge is 2.28. The molecule has 0 spiro atoms. The fourth-order valence-corrected chi connectivity index (χ4v) is 4.07. The Morgan fingerprint density at radius 2 is 2.11 bits per heavy atom. The third-order valence-corrected chi connectivity index (χ3v) is 5.44. The van der Waals surface area contributed by atoms with E-state index in [-0.39, 0.29) is 46.0 Å². The molecule has 1 aliphatic carbocycles. The zero-order valence-corrected chi connectivity index (χ0v) is 16.3. The van der Waals surface area contributed by atoms with Crippen LogP contribution in [-0.4, -0.2) is 28.2 Å². The lowest BCUT2D eigenvalue weighted by Gasteiger charge is -2.20. The van der Waals surface area contributed by atoms with Crippen molar-refractivity contribution in [1.82, 2.24) is 10.5 Å². The van der Waals surface area contributed by atoms with Crippen LogP contribution in [0.3, 0.4) is 0 Å². The number of aliphatic carboxylic acids is 1. The number of carboxylic acids is 1. The van der Waals surface area contributed by atoms with E-state index < -0.39 is 17.7 Å². The van der Waals surface area contributed by atoms with E-state index in [1.807, 2.05) is 0 Å². The number of aryl methyl sites for hydroxylation is 1. The van der Waals surface area contributed by atoms with E-state index in [0.29, 0.717) is 6.42 Å². The second-order valence-corrected chi connectivity index (χ2v) is 7.62. The molecule has 2 aromatic rings. The molecule has 8 heteroatoms. The fourth-order valence-electron chi connectivity index (χ4n) is 3.82. The van der Waals surface area contributed by atoms with Gasteiger partial charge in [-0.2, -0.15) is 0 Å². The Morgan fingerprint density at radius 3 is 2.82 bits per heavy atom. The Kier molecular flexibility index (Phi) is 6.34. The average Bonchev–Trinajstić information content (AvgIpc) is 2.85. The van der Waals surface area contributed by atoms with Crippen LogP contribution in [-0.2, 0) is 4.79 Å². The molecule has 1 amide bonds. The minimum Gasteiger partial charge on any atom is -0.481 e. The van der Waals surface area contributed by atoms with Crippen molar-refractivity contribution < 1.29 is 23.6 Å². The van der Waals surface area contributed by atoms with Gasteiger partial charge in [0.05, 0.1) is 10.6 Å². The minimum atomic E-state index is -0.830. The highest BCUT2D eigenvalue weighted by molar-refractivity contribution is 6.33. The van der Waals surface area contributed by atoms with Crippen LogP contribution in [0.2, 0.25) is 5.02 Å². The molecule has 1 aromatic carbocycles. The van der Waals surface area contributed by atoms with Crippen molar-refractivity contribution in [1.29, 1.82) is 0 Å². The number of aromatic nitrogens is 1. The van der Waals surface area contributed by atoms with Gasteiger partial charge < -0.3 is 14.9 Å². The summed E-state index contributed by atoms with van der Waals surface area (Å²) >= 11 is 6.12. The zero-order valence-electron chi connectivity index (χ0n) is 15.5. The quantitative estimate of drug-likeness (QED) is 0.705. The van der Waals surface area contributed by atoms with Gasteiger partial charge in [-0.1, -0.05) is 35.7 Å². The van der Waals surface area contributed by atoms with Crippen LogP contribution in [0.15, 0.2) is 22.7 Å². The van der Waals surface area contributed by atoms with E-state index in [4.69, 9.17) is 21.2 Å². The molecule has 1 heterocycles. The SMILES string of the molecule is Cc1onc(-c2c(F)cccc2Cl)c1C(=O)NC1CCCCC(CC(=O)O)C1. The highest BCUT2D eigenvalue weighted by atomic mass is 35.5. The van der Waals surface area contributed by atoms with E-state index in [1.54, 1.807) is 6.92 Å². The molecule has 28 heavy (non-hydrogen) atoms. The molecule has 1 aliphatic rings. The third-order valence-electron chi connectivity index (χ3n) is 5.12. The van der Waals surface area contributed by atoms with Crippen molar-refractivity contribution >= 4 is 23.5 Å². The van der Waals surface area contributed by atoms with E-state index in [9.17, 15) is 14.0 Å². The van der Waals surface area contributed by atoms with E-state index in [2.05, 4.69) is 10.5 Å². The number of nitrogens with zero attached hydrogens (tertiary/aromatic N) is 1. The molecule has 3 rings (SSSR count). The van der Waals surface area contributed by atoms with Gasteiger partial charge in [-0.25, -0.2) is 4.39 Å². The summed E-state index contributed by atoms with van der Waals surface area (Å²) in [5.41, 5.74) is 0.232. The van der Waals surface area contributed by atoms with Crippen molar-refractivity contribution in [2.75, 3.05) is 0 Å². The topological polar surface area (TPSA) is 92.4 Å². The van der Waals surface area contributed by atoms with Gasteiger partial charge >= 0.3 is 5.97 Å². The van der Waals surface area contributed by atoms with Gasteiger partial charge in [0.25, 0.3) is 5.91 Å². The van der Waals surface area contributed by atoms with E-state index in [1.165, 1.54) is 18.2 Å². The molecule has 0 radical (unpaired) electrons. The minimum absolute atomic E-state index is 0.0226. The van der Waals surface area contributed by atoms with Gasteiger partial charge in [-0.05, 0) is 44.2 Å². The summed E-state index contributed by atoms with van der Waals surface area (Å²) in [6.07, 6.45) is 4.14. The van der Waals surface area contributed by atoms with Crippen molar-refractivity contribution in [2.24, 2.45) is 5.92 Å². The molecule has 1 aromatic heterocycles. The molecule has 1 saturated carbocycles. The zero-order chi connectivity index (χ0) is 20.3. The van der Waals surface area contributed by atoms with Gasteiger partial charge in [0, 0.05) is 12.5 Å². The van der Waals surface area contributed by atoms with Crippen LogP contribution in [0.25, 0.3) is 11.3 Å². The van der Waals surface area contributed by atoms with Gasteiger partial charge in [-0.15, -0.1) is 0 Å². The van der Waals surface area contributed by atoms with Crippen LogP contribution in [0, 0.1) is 18.7 Å². The number of amides is 1. The standard InChI is InChI=1S/C20H22ClFN2O4/c1-11-17(19(24-28-11)18-14(21)7-4-8-15(18)22)20(27)23-13-6-3-2-5-12(9-13)10-16(25)26/h4,7-8,12-13H,2-3,5-6,9-10H2,1H3,(H,23,27)(H,25,26). The van der Waals surface area contributed by atoms with Crippen molar-refractivity contribution in [2.45, 2.75) is 51.5 Å². The predicted molar refractivity (Wildman–Crippen MR) is 102 cm³/mol.